The number of aryl methyl sites for hydroxylation is 1. The van der Waals surface area contributed by atoms with E-state index in [-0.39, 0.29) is 11.5 Å². The van der Waals surface area contributed by atoms with Crippen molar-refractivity contribution in [2.45, 2.75) is 20.8 Å². The van der Waals surface area contributed by atoms with Crippen LogP contribution in [-0.4, -0.2) is 17.3 Å². The second kappa shape index (κ2) is 6.05. The van der Waals surface area contributed by atoms with Crippen molar-refractivity contribution in [3.8, 4) is 0 Å². The number of carbonyl (C=O) groups excluding carboxylic acids is 1. The van der Waals surface area contributed by atoms with Crippen LogP contribution in [-0.2, 0) is 0 Å². The summed E-state index contributed by atoms with van der Waals surface area (Å²) < 4.78 is 0. The Morgan fingerprint density at radius 1 is 1.33 bits per heavy atom. The summed E-state index contributed by atoms with van der Waals surface area (Å²) in [7, 11) is 0. The van der Waals surface area contributed by atoms with E-state index in [1.54, 1.807) is 0 Å². The van der Waals surface area contributed by atoms with Crippen molar-refractivity contribution in [2.75, 3.05) is 11.4 Å². The fourth-order valence-electron chi connectivity index (χ4n) is 2.04. The van der Waals surface area contributed by atoms with Gasteiger partial charge in [0.1, 0.15) is 0 Å². The zero-order valence-corrected chi connectivity index (χ0v) is 12.9. The molecule has 1 aromatic heterocycles. The highest BCUT2D eigenvalue weighted by Crippen LogP contribution is 2.41. The van der Waals surface area contributed by atoms with E-state index in [1.165, 1.54) is 13.0 Å². The maximum Gasteiger partial charge on any atom is 0.304 e. The second-order valence-electron chi connectivity index (χ2n) is 4.69. The Morgan fingerprint density at radius 3 is 2.43 bits per heavy atom. The first-order chi connectivity index (χ1) is 9.93. The van der Waals surface area contributed by atoms with Crippen LogP contribution in [0.2, 0.25) is 0 Å². The summed E-state index contributed by atoms with van der Waals surface area (Å²) in [6.07, 6.45) is 0. The second-order valence-corrected chi connectivity index (χ2v) is 5.72. The Labute approximate surface area is 127 Å². The molecule has 0 amide bonds. The van der Waals surface area contributed by atoms with Crippen molar-refractivity contribution >= 4 is 33.5 Å². The molecule has 0 atom stereocenters. The lowest BCUT2D eigenvalue weighted by atomic mass is 10.2. The number of hydrogen-bond acceptors (Lipinski definition) is 5. The molecule has 1 heterocycles. The molecule has 0 aliphatic carbocycles. The van der Waals surface area contributed by atoms with Crippen molar-refractivity contribution < 1.29 is 9.72 Å². The van der Waals surface area contributed by atoms with Crippen LogP contribution in [0.3, 0.4) is 0 Å². The molecule has 0 aliphatic rings. The maximum atomic E-state index is 11.5. The van der Waals surface area contributed by atoms with Crippen LogP contribution in [0.1, 0.15) is 29.1 Å². The molecule has 0 spiro atoms. The summed E-state index contributed by atoms with van der Waals surface area (Å²) in [4.78, 5) is 24.6. The number of thiophene rings is 1. The Balaban J connectivity index is 2.53. The molecule has 0 bridgehead atoms. The molecule has 110 valence electrons. The molecule has 0 unspecified atom stereocenters. The van der Waals surface area contributed by atoms with Gasteiger partial charge in [0.25, 0.3) is 0 Å². The monoisotopic (exact) mass is 304 g/mol. The molecule has 0 aliphatic heterocycles. The van der Waals surface area contributed by atoms with E-state index in [0.29, 0.717) is 16.4 Å². The minimum Gasteiger partial charge on any atom is -0.328 e. The van der Waals surface area contributed by atoms with E-state index < -0.39 is 4.92 Å². The van der Waals surface area contributed by atoms with E-state index in [0.717, 1.165) is 22.6 Å². The fourth-order valence-corrected chi connectivity index (χ4v) is 3.14. The van der Waals surface area contributed by atoms with Gasteiger partial charge in [0.05, 0.1) is 9.80 Å². The number of Topliss-reactive ketones (excluding diaryl/α,β-unsaturated/α-hetero) is 1. The topological polar surface area (TPSA) is 63.5 Å². The summed E-state index contributed by atoms with van der Waals surface area (Å²) in [6.45, 7) is 5.92. The van der Waals surface area contributed by atoms with Crippen molar-refractivity contribution in [3.05, 3.63) is 50.9 Å². The third-order valence-corrected chi connectivity index (χ3v) is 4.39. The SMILES string of the molecule is CCN(c1ccc(C)cc1)c1sc(C(C)=O)cc1[N+](=O)[O-]. The van der Waals surface area contributed by atoms with Gasteiger partial charge < -0.3 is 4.90 Å². The molecule has 0 N–H and O–H groups in total. The lowest BCUT2D eigenvalue weighted by Crippen LogP contribution is -2.15. The van der Waals surface area contributed by atoms with Crippen LogP contribution in [0.25, 0.3) is 0 Å². The van der Waals surface area contributed by atoms with Gasteiger partial charge in [-0.25, -0.2) is 0 Å². The van der Waals surface area contributed by atoms with Crippen molar-refractivity contribution in [3.63, 3.8) is 0 Å². The molecule has 0 saturated heterocycles. The molecule has 2 aromatic rings. The highest BCUT2D eigenvalue weighted by molar-refractivity contribution is 7.18. The van der Waals surface area contributed by atoms with Crippen LogP contribution in [0.4, 0.5) is 16.4 Å². The summed E-state index contributed by atoms with van der Waals surface area (Å²) in [5, 5.41) is 11.7. The van der Waals surface area contributed by atoms with Gasteiger partial charge in [-0.1, -0.05) is 17.7 Å². The Kier molecular flexibility index (Phi) is 4.37. The zero-order valence-electron chi connectivity index (χ0n) is 12.1. The molecular formula is C15H16N2O3S. The van der Waals surface area contributed by atoms with Crippen LogP contribution in [0.15, 0.2) is 30.3 Å². The fraction of sp³-hybridized carbons (Fsp3) is 0.267. The molecule has 1 aromatic carbocycles. The molecule has 21 heavy (non-hydrogen) atoms. The minimum atomic E-state index is -0.435. The number of ketones is 1. The molecule has 0 radical (unpaired) electrons. The maximum absolute atomic E-state index is 11.5. The van der Waals surface area contributed by atoms with Gasteiger partial charge in [0.15, 0.2) is 10.8 Å². The third kappa shape index (κ3) is 3.11. The molecule has 0 saturated carbocycles. The smallest absolute Gasteiger partial charge is 0.304 e. The van der Waals surface area contributed by atoms with E-state index in [1.807, 2.05) is 43.0 Å². The molecule has 2 rings (SSSR count). The van der Waals surface area contributed by atoms with Crippen LogP contribution >= 0.6 is 11.3 Å². The minimum absolute atomic E-state index is 0.0207. The first-order valence-electron chi connectivity index (χ1n) is 6.57. The summed E-state index contributed by atoms with van der Waals surface area (Å²) in [6, 6.07) is 9.14. The van der Waals surface area contributed by atoms with Gasteiger partial charge in [-0.2, -0.15) is 0 Å². The van der Waals surface area contributed by atoms with Crippen LogP contribution in [0.5, 0.6) is 0 Å². The van der Waals surface area contributed by atoms with Crippen LogP contribution < -0.4 is 4.90 Å². The Bertz CT molecular complexity index is 677. The van der Waals surface area contributed by atoms with E-state index >= 15 is 0 Å². The van der Waals surface area contributed by atoms with E-state index in [2.05, 4.69) is 0 Å². The standard InChI is InChI=1S/C15H16N2O3S/c1-4-16(12-7-5-10(2)6-8-12)15-13(17(19)20)9-14(21-15)11(3)18/h5-9H,4H2,1-3H3. The number of benzene rings is 1. The van der Waals surface area contributed by atoms with Gasteiger partial charge in [0.2, 0.25) is 0 Å². The summed E-state index contributed by atoms with van der Waals surface area (Å²) >= 11 is 1.16. The van der Waals surface area contributed by atoms with Crippen LogP contribution in [0, 0.1) is 17.0 Å². The van der Waals surface area contributed by atoms with Gasteiger partial charge in [0, 0.05) is 18.3 Å². The normalized spacial score (nSPS) is 10.4. The Morgan fingerprint density at radius 2 is 1.95 bits per heavy atom. The van der Waals surface area contributed by atoms with E-state index in [4.69, 9.17) is 0 Å². The highest BCUT2D eigenvalue weighted by atomic mass is 32.1. The largest absolute Gasteiger partial charge is 0.328 e. The third-order valence-electron chi connectivity index (χ3n) is 3.14. The molecule has 0 fully saturated rings. The predicted octanol–water partition coefficient (Wildman–Crippen LogP) is 4.33. The van der Waals surface area contributed by atoms with Crippen molar-refractivity contribution in [1.29, 1.82) is 0 Å². The molecular weight excluding hydrogens is 288 g/mol. The Hall–Kier alpha value is -2.21. The van der Waals surface area contributed by atoms with Gasteiger partial charge in [-0.05, 0) is 32.9 Å². The summed E-state index contributed by atoms with van der Waals surface area (Å²) in [5.74, 6) is -0.158. The first kappa shape index (κ1) is 15.2. The lowest BCUT2D eigenvalue weighted by molar-refractivity contribution is -0.383. The molecule has 6 heteroatoms. The number of carbonyl (C=O) groups is 1. The quantitative estimate of drug-likeness (QED) is 0.468. The number of hydrogen-bond donors (Lipinski definition) is 0. The number of nitro groups is 1. The average molecular weight is 304 g/mol. The zero-order chi connectivity index (χ0) is 15.6. The first-order valence-corrected chi connectivity index (χ1v) is 7.39. The van der Waals surface area contributed by atoms with Gasteiger partial charge in [-0.3, -0.25) is 14.9 Å². The predicted molar refractivity (Wildman–Crippen MR) is 84.8 cm³/mol. The number of anilines is 2. The van der Waals surface area contributed by atoms with Gasteiger partial charge in [-0.15, -0.1) is 11.3 Å². The average Bonchev–Trinajstić information content (AvgIpc) is 2.87. The van der Waals surface area contributed by atoms with Crippen molar-refractivity contribution in [1.82, 2.24) is 0 Å². The summed E-state index contributed by atoms with van der Waals surface area (Å²) in [5.41, 5.74) is 1.98. The van der Waals surface area contributed by atoms with E-state index in [9.17, 15) is 14.9 Å². The number of rotatable bonds is 5. The number of nitrogens with zero attached hydrogens (tertiary/aromatic N) is 2. The van der Waals surface area contributed by atoms with Crippen molar-refractivity contribution in [2.24, 2.45) is 0 Å². The lowest BCUT2D eigenvalue weighted by Gasteiger charge is -2.20. The molecule has 5 nitrogen and oxygen atoms in total. The highest BCUT2D eigenvalue weighted by Gasteiger charge is 2.25. The van der Waals surface area contributed by atoms with Gasteiger partial charge >= 0.3 is 5.69 Å².